The Kier molecular flexibility index (Phi) is 8.31. The van der Waals surface area contributed by atoms with Crippen molar-refractivity contribution in [2.75, 3.05) is 7.11 Å². The van der Waals surface area contributed by atoms with E-state index in [-0.39, 0.29) is 45.1 Å². The van der Waals surface area contributed by atoms with E-state index in [2.05, 4.69) is 5.32 Å². The summed E-state index contributed by atoms with van der Waals surface area (Å²) in [5.74, 6) is 0.226. The van der Waals surface area contributed by atoms with E-state index < -0.39 is 15.7 Å². The van der Waals surface area contributed by atoms with Gasteiger partial charge in [0.05, 0.1) is 17.2 Å². The molecule has 0 aliphatic heterocycles. The lowest BCUT2D eigenvalue weighted by molar-refractivity contribution is 0.171. The molecule has 0 heterocycles. The molecule has 176 valence electrons. The van der Waals surface area contributed by atoms with E-state index in [4.69, 9.17) is 32.1 Å². The summed E-state index contributed by atoms with van der Waals surface area (Å²) in [6.07, 6.45) is 0. The molecule has 0 unspecified atom stereocenters. The molecule has 7 nitrogen and oxygen atoms in total. The molecule has 10 heteroatoms. The van der Waals surface area contributed by atoms with Gasteiger partial charge in [-0.1, -0.05) is 29.3 Å². The number of amides is 2. The number of methoxy groups -OCH3 is 1. The summed E-state index contributed by atoms with van der Waals surface area (Å²) in [5.41, 5.74) is 0.273. The van der Waals surface area contributed by atoms with Crippen molar-refractivity contribution in [1.82, 2.24) is 10.2 Å². The molecule has 2 aromatic rings. The van der Waals surface area contributed by atoms with Gasteiger partial charge in [-0.2, -0.15) is 8.42 Å². The lowest BCUT2D eigenvalue weighted by Gasteiger charge is -2.31. The van der Waals surface area contributed by atoms with Crippen LogP contribution in [-0.2, 0) is 16.7 Å². The number of hydrogen-bond acceptors (Lipinski definition) is 5. The molecule has 2 aromatic carbocycles. The van der Waals surface area contributed by atoms with Gasteiger partial charge < -0.3 is 19.1 Å². The Hall–Kier alpha value is -2.16. The van der Waals surface area contributed by atoms with Gasteiger partial charge in [0.25, 0.3) is 0 Å². The number of carbonyl (C=O) groups excluding carboxylic acids is 1. The van der Waals surface area contributed by atoms with E-state index in [0.29, 0.717) is 5.56 Å². The highest BCUT2D eigenvalue weighted by Gasteiger charge is 2.24. The highest BCUT2D eigenvalue weighted by Crippen LogP contribution is 2.33. The van der Waals surface area contributed by atoms with Crippen LogP contribution in [0, 0.1) is 0 Å². The van der Waals surface area contributed by atoms with Crippen LogP contribution in [0.4, 0.5) is 4.79 Å². The van der Waals surface area contributed by atoms with E-state index in [1.807, 2.05) is 34.6 Å². The number of hydrogen-bond donors (Lipinski definition) is 1. The van der Waals surface area contributed by atoms with Crippen molar-refractivity contribution in [3.8, 4) is 11.5 Å². The highest BCUT2D eigenvalue weighted by molar-refractivity contribution is 7.87. The van der Waals surface area contributed by atoms with Crippen LogP contribution in [0.2, 0.25) is 10.0 Å². The van der Waals surface area contributed by atoms with Crippen molar-refractivity contribution < 1.29 is 22.1 Å². The van der Waals surface area contributed by atoms with Crippen molar-refractivity contribution in [1.29, 1.82) is 0 Å². The molecule has 32 heavy (non-hydrogen) atoms. The summed E-state index contributed by atoms with van der Waals surface area (Å²) in [6.45, 7) is 9.74. The lowest BCUT2D eigenvalue weighted by Crippen LogP contribution is -2.50. The second kappa shape index (κ2) is 10.2. The second-order valence-electron chi connectivity index (χ2n) is 8.50. The molecule has 0 fully saturated rings. The molecular weight excluding hydrogens is 475 g/mol. The standard InChI is InChI=1S/C22H28Cl2N2O5S/c1-14(2)26(21(27)25-22(3,4)5)13-15-7-10-19(30-6)20(11-15)31-32(28,29)16-8-9-17(23)18(24)12-16/h7-12,14H,13H2,1-6H3,(H,25,27). The molecule has 0 aromatic heterocycles. The highest BCUT2D eigenvalue weighted by atomic mass is 35.5. The Bertz CT molecular complexity index is 1080. The van der Waals surface area contributed by atoms with Crippen LogP contribution in [0.1, 0.15) is 40.2 Å². The summed E-state index contributed by atoms with van der Waals surface area (Å²) in [6, 6.07) is 8.45. The summed E-state index contributed by atoms with van der Waals surface area (Å²) in [7, 11) is -2.80. The first kappa shape index (κ1) is 26.1. The van der Waals surface area contributed by atoms with E-state index in [0.717, 1.165) is 0 Å². The molecule has 0 aliphatic carbocycles. The predicted octanol–water partition coefficient (Wildman–Crippen LogP) is 5.49. The Balaban J connectivity index is 2.35. The van der Waals surface area contributed by atoms with Crippen molar-refractivity contribution in [3.63, 3.8) is 0 Å². The summed E-state index contributed by atoms with van der Waals surface area (Å²) in [4.78, 5) is 14.2. The zero-order valence-electron chi connectivity index (χ0n) is 18.9. The van der Waals surface area contributed by atoms with Crippen LogP contribution >= 0.6 is 23.2 Å². The molecule has 0 saturated heterocycles. The fourth-order valence-electron chi connectivity index (χ4n) is 2.76. The monoisotopic (exact) mass is 502 g/mol. The minimum absolute atomic E-state index is 0.00370. The minimum atomic E-state index is -4.20. The zero-order chi connectivity index (χ0) is 24.3. The molecule has 0 bridgehead atoms. The fourth-order valence-corrected chi connectivity index (χ4v) is 4.08. The maximum Gasteiger partial charge on any atom is 0.339 e. The van der Waals surface area contributed by atoms with Gasteiger partial charge in [-0.25, -0.2) is 4.79 Å². The summed E-state index contributed by atoms with van der Waals surface area (Å²) >= 11 is 11.8. The van der Waals surface area contributed by atoms with Crippen molar-refractivity contribution in [2.45, 2.75) is 57.6 Å². The van der Waals surface area contributed by atoms with E-state index in [9.17, 15) is 13.2 Å². The number of urea groups is 1. The smallest absolute Gasteiger partial charge is 0.339 e. The number of nitrogens with one attached hydrogen (secondary N) is 1. The minimum Gasteiger partial charge on any atom is -0.493 e. The average molecular weight is 503 g/mol. The predicted molar refractivity (Wildman–Crippen MR) is 126 cm³/mol. The van der Waals surface area contributed by atoms with Crippen LogP contribution in [0.15, 0.2) is 41.3 Å². The number of rotatable bonds is 7. The molecule has 0 radical (unpaired) electrons. The maximum absolute atomic E-state index is 12.8. The van der Waals surface area contributed by atoms with Crippen LogP contribution in [0.25, 0.3) is 0 Å². The number of benzene rings is 2. The molecule has 2 rings (SSSR count). The zero-order valence-corrected chi connectivity index (χ0v) is 21.2. The molecule has 2 amide bonds. The Morgan fingerprint density at radius 1 is 1.06 bits per heavy atom. The van der Waals surface area contributed by atoms with Gasteiger partial charge in [-0.05, 0) is 70.5 Å². The van der Waals surface area contributed by atoms with Gasteiger partial charge in [-0.15, -0.1) is 0 Å². The van der Waals surface area contributed by atoms with Crippen LogP contribution in [-0.4, -0.2) is 38.0 Å². The third-order valence-corrected chi connectivity index (χ3v) is 6.30. The third kappa shape index (κ3) is 6.92. The first-order valence-corrected chi connectivity index (χ1v) is 12.0. The van der Waals surface area contributed by atoms with Gasteiger partial charge >= 0.3 is 16.1 Å². The van der Waals surface area contributed by atoms with E-state index in [1.165, 1.54) is 31.4 Å². The first-order chi connectivity index (χ1) is 14.7. The Morgan fingerprint density at radius 3 is 2.25 bits per heavy atom. The Morgan fingerprint density at radius 2 is 1.72 bits per heavy atom. The molecule has 0 aliphatic rings. The number of halogens is 2. The van der Waals surface area contributed by atoms with E-state index >= 15 is 0 Å². The van der Waals surface area contributed by atoms with Crippen molar-refractivity contribution >= 4 is 39.4 Å². The number of nitrogens with zero attached hydrogens (tertiary/aromatic N) is 1. The molecule has 0 atom stereocenters. The molecule has 0 spiro atoms. The van der Waals surface area contributed by atoms with Gasteiger partial charge in [-0.3, -0.25) is 0 Å². The van der Waals surface area contributed by atoms with Gasteiger partial charge in [0.15, 0.2) is 11.5 Å². The average Bonchev–Trinajstić information content (AvgIpc) is 2.66. The third-order valence-electron chi connectivity index (χ3n) is 4.33. The molecule has 0 saturated carbocycles. The largest absolute Gasteiger partial charge is 0.493 e. The number of carbonyl (C=O) groups is 1. The van der Waals surface area contributed by atoms with Gasteiger partial charge in [0, 0.05) is 18.1 Å². The van der Waals surface area contributed by atoms with Gasteiger partial charge in [0.1, 0.15) is 4.90 Å². The second-order valence-corrected chi connectivity index (χ2v) is 10.9. The van der Waals surface area contributed by atoms with Crippen molar-refractivity contribution in [3.05, 3.63) is 52.0 Å². The topological polar surface area (TPSA) is 84.9 Å². The normalized spacial score (nSPS) is 11.9. The van der Waals surface area contributed by atoms with Crippen LogP contribution < -0.4 is 14.2 Å². The van der Waals surface area contributed by atoms with Gasteiger partial charge in [0.2, 0.25) is 0 Å². The maximum atomic E-state index is 12.8. The fraction of sp³-hybridized carbons (Fsp3) is 0.409. The SMILES string of the molecule is COc1ccc(CN(C(=O)NC(C)(C)C)C(C)C)cc1OS(=O)(=O)c1ccc(Cl)c(Cl)c1. The molecule has 1 N–H and O–H groups in total. The summed E-state index contributed by atoms with van der Waals surface area (Å²) < 4.78 is 36.2. The van der Waals surface area contributed by atoms with Crippen LogP contribution in [0.5, 0.6) is 11.5 Å². The quantitative estimate of drug-likeness (QED) is 0.506. The number of ether oxygens (including phenoxy) is 1. The van der Waals surface area contributed by atoms with E-state index in [1.54, 1.807) is 17.0 Å². The van der Waals surface area contributed by atoms with Crippen molar-refractivity contribution in [2.24, 2.45) is 0 Å². The lowest BCUT2D eigenvalue weighted by atomic mass is 10.1. The first-order valence-electron chi connectivity index (χ1n) is 9.89. The summed E-state index contributed by atoms with van der Waals surface area (Å²) in [5, 5.41) is 3.26. The van der Waals surface area contributed by atoms with Crippen LogP contribution in [0.3, 0.4) is 0 Å². The Labute approximate surface area is 199 Å². The molecular formula is C22H28Cl2N2O5S.